The van der Waals surface area contributed by atoms with Gasteiger partial charge in [0, 0.05) is 12.3 Å². The molecule has 3 aromatic rings. The Hall–Kier alpha value is -3.60. The summed E-state index contributed by atoms with van der Waals surface area (Å²) in [5, 5.41) is 11.9. The minimum atomic E-state index is -0.898. The number of hydrogen-bond acceptors (Lipinski definition) is 3. The minimum Gasteiger partial charge on any atom is -0.481 e. The maximum atomic E-state index is 12.6. The topological polar surface area (TPSA) is 75.6 Å². The first-order valence-corrected chi connectivity index (χ1v) is 10.0. The Labute approximate surface area is 175 Å². The van der Waals surface area contributed by atoms with E-state index in [1.165, 1.54) is 11.1 Å². The Morgan fingerprint density at radius 1 is 0.867 bits per heavy atom. The Kier molecular flexibility index (Phi) is 5.80. The molecule has 5 nitrogen and oxygen atoms in total. The maximum absolute atomic E-state index is 12.6. The number of carbonyl (C=O) groups excluding carboxylic acids is 1. The number of rotatable bonds is 7. The van der Waals surface area contributed by atoms with E-state index < -0.39 is 18.1 Å². The number of amides is 1. The molecule has 0 saturated heterocycles. The summed E-state index contributed by atoms with van der Waals surface area (Å²) in [5.41, 5.74) is 5.50. The van der Waals surface area contributed by atoms with Gasteiger partial charge in [0.05, 0.1) is 6.04 Å². The first-order chi connectivity index (χ1) is 14.6. The third-order valence-electron chi connectivity index (χ3n) is 5.48. The summed E-state index contributed by atoms with van der Waals surface area (Å²) in [6, 6.07) is 25.3. The summed E-state index contributed by atoms with van der Waals surface area (Å²) in [6.45, 7) is 0.223. The van der Waals surface area contributed by atoms with Crippen molar-refractivity contribution in [2.24, 2.45) is 0 Å². The van der Waals surface area contributed by atoms with Crippen LogP contribution < -0.4 is 5.32 Å². The maximum Gasteiger partial charge on any atom is 0.407 e. The molecule has 0 radical (unpaired) electrons. The number of carboxylic acids is 1. The van der Waals surface area contributed by atoms with E-state index in [1.54, 1.807) is 0 Å². The molecule has 1 aliphatic rings. The molecule has 0 bridgehead atoms. The predicted octanol–water partition coefficient (Wildman–Crippen LogP) is 5.13. The van der Waals surface area contributed by atoms with Gasteiger partial charge in [-0.1, -0.05) is 78.9 Å². The Bertz CT molecular complexity index is 1000. The molecule has 3 aromatic carbocycles. The van der Waals surface area contributed by atoms with Gasteiger partial charge < -0.3 is 15.2 Å². The van der Waals surface area contributed by atoms with Crippen LogP contribution in [0.2, 0.25) is 0 Å². The van der Waals surface area contributed by atoms with Gasteiger partial charge in [0.1, 0.15) is 6.61 Å². The molecule has 4 rings (SSSR count). The first kappa shape index (κ1) is 19.7. The Morgan fingerprint density at radius 2 is 1.43 bits per heavy atom. The highest BCUT2D eigenvalue weighted by Crippen LogP contribution is 2.44. The van der Waals surface area contributed by atoms with Gasteiger partial charge in [0.25, 0.3) is 0 Å². The molecule has 0 saturated carbocycles. The van der Waals surface area contributed by atoms with Crippen molar-refractivity contribution in [1.82, 2.24) is 5.32 Å². The monoisotopic (exact) mass is 401 g/mol. The van der Waals surface area contributed by atoms with Crippen molar-refractivity contribution >= 4 is 12.1 Å². The quantitative estimate of drug-likeness (QED) is 0.575. The average molecular weight is 401 g/mol. The van der Waals surface area contributed by atoms with Crippen LogP contribution in [0.15, 0.2) is 78.9 Å². The summed E-state index contributed by atoms with van der Waals surface area (Å²) in [5.74, 6) is -0.914. The van der Waals surface area contributed by atoms with E-state index in [-0.39, 0.29) is 18.9 Å². The molecule has 1 amide bonds. The van der Waals surface area contributed by atoms with Gasteiger partial charge in [-0.25, -0.2) is 4.79 Å². The second-order valence-corrected chi connectivity index (χ2v) is 7.37. The Balaban J connectivity index is 1.45. The lowest BCUT2D eigenvalue weighted by molar-refractivity contribution is -0.137. The van der Waals surface area contributed by atoms with E-state index >= 15 is 0 Å². The van der Waals surface area contributed by atoms with Crippen molar-refractivity contribution in [3.05, 3.63) is 95.6 Å². The van der Waals surface area contributed by atoms with E-state index in [9.17, 15) is 9.59 Å². The van der Waals surface area contributed by atoms with Crippen molar-refractivity contribution in [1.29, 1.82) is 0 Å². The van der Waals surface area contributed by atoms with Crippen molar-refractivity contribution in [2.45, 2.75) is 24.8 Å². The lowest BCUT2D eigenvalue weighted by atomic mass is 9.98. The van der Waals surface area contributed by atoms with E-state index in [4.69, 9.17) is 9.84 Å². The molecule has 0 heterocycles. The second kappa shape index (κ2) is 8.82. The van der Waals surface area contributed by atoms with Crippen LogP contribution in [-0.2, 0) is 9.53 Å². The molecule has 5 heteroatoms. The fourth-order valence-electron chi connectivity index (χ4n) is 4.06. The van der Waals surface area contributed by atoms with Crippen LogP contribution in [-0.4, -0.2) is 23.8 Å². The van der Waals surface area contributed by atoms with Gasteiger partial charge in [0.2, 0.25) is 0 Å². The molecule has 0 fully saturated rings. The van der Waals surface area contributed by atoms with Crippen molar-refractivity contribution < 1.29 is 19.4 Å². The smallest absolute Gasteiger partial charge is 0.407 e. The summed E-state index contributed by atoms with van der Waals surface area (Å²) >= 11 is 0. The number of hydrogen-bond donors (Lipinski definition) is 2. The van der Waals surface area contributed by atoms with E-state index in [0.29, 0.717) is 6.42 Å². The van der Waals surface area contributed by atoms with Crippen LogP contribution in [0.4, 0.5) is 4.79 Å². The third kappa shape index (κ3) is 4.20. The van der Waals surface area contributed by atoms with E-state index in [1.807, 2.05) is 54.6 Å². The van der Waals surface area contributed by atoms with Crippen molar-refractivity contribution in [3.63, 3.8) is 0 Å². The molecule has 1 aliphatic carbocycles. The molecule has 30 heavy (non-hydrogen) atoms. The number of aliphatic carboxylic acids is 1. The van der Waals surface area contributed by atoms with E-state index in [0.717, 1.165) is 16.7 Å². The largest absolute Gasteiger partial charge is 0.481 e. The number of fused-ring (bicyclic) bond motifs is 3. The van der Waals surface area contributed by atoms with Crippen LogP contribution in [0.1, 0.15) is 41.5 Å². The number of alkyl carbamates (subject to hydrolysis) is 1. The van der Waals surface area contributed by atoms with Gasteiger partial charge in [-0.15, -0.1) is 0 Å². The van der Waals surface area contributed by atoms with Crippen molar-refractivity contribution in [3.8, 4) is 11.1 Å². The van der Waals surface area contributed by atoms with Gasteiger partial charge in [-0.2, -0.15) is 0 Å². The van der Waals surface area contributed by atoms with Crippen LogP contribution in [0, 0.1) is 0 Å². The number of carbonyl (C=O) groups is 2. The van der Waals surface area contributed by atoms with Crippen LogP contribution in [0.25, 0.3) is 11.1 Å². The summed E-state index contributed by atoms with van der Waals surface area (Å²) < 4.78 is 5.60. The molecule has 0 aliphatic heterocycles. The highest BCUT2D eigenvalue weighted by molar-refractivity contribution is 5.79. The normalized spacial score (nSPS) is 13.2. The number of nitrogens with one attached hydrogen (secondary N) is 1. The van der Waals surface area contributed by atoms with E-state index in [2.05, 4.69) is 29.6 Å². The second-order valence-electron chi connectivity index (χ2n) is 7.37. The molecule has 0 spiro atoms. The number of benzene rings is 3. The molecule has 1 atom stereocenters. The summed E-state index contributed by atoms with van der Waals surface area (Å²) in [7, 11) is 0. The van der Waals surface area contributed by atoms with Crippen LogP contribution in [0.5, 0.6) is 0 Å². The van der Waals surface area contributed by atoms with Gasteiger partial charge in [-0.3, -0.25) is 4.79 Å². The molecule has 1 unspecified atom stereocenters. The zero-order valence-corrected chi connectivity index (χ0v) is 16.5. The molecular weight excluding hydrogens is 378 g/mol. The number of carboxylic acid groups (broad SMARTS) is 1. The van der Waals surface area contributed by atoms with Crippen molar-refractivity contribution in [2.75, 3.05) is 6.61 Å². The van der Waals surface area contributed by atoms with Gasteiger partial charge in [-0.05, 0) is 34.2 Å². The lowest BCUT2D eigenvalue weighted by Crippen LogP contribution is -2.30. The molecule has 152 valence electrons. The standard InChI is InChI=1S/C25H23NO4/c27-24(28)15-14-23(17-8-2-1-3-9-17)26-25(29)30-16-22-20-12-6-4-10-18(20)19-11-5-7-13-21(19)22/h1-13,22-23H,14-16H2,(H,26,29)(H,27,28). The fraction of sp³-hybridized carbons (Fsp3) is 0.200. The SMILES string of the molecule is O=C(O)CCC(NC(=O)OCC1c2ccccc2-c2ccccc21)c1ccccc1. The first-order valence-electron chi connectivity index (χ1n) is 10.0. The predicted molar refractivity (Wildman–Crippen MR) is 114 cm³/mol. The third-order valence-corrected chi connectivity index (χ3v) is 5.48. The lowest BCUT2D eigenvalue weighted by Gasteiger charge is -2.20. The summed E-state index contributed by atoms with van der Waals surface area (Å²) in [4.78, 5) is 23.6. The summed E-state index contributed by atoms with van der Waals surface area (Å²) in [6.07, 6.45) is -0.289. The van der Waals surface area contributed by atoms with Crippen LogP contribution >= 0.6 is 0 Å². The average Bonchev–Trinajstić information content (AvgIpc) is 3.09. The van der Waals surface area contributed by atoms with Gasteiger partial charge in [0.15, 0.2) is 0 Å². The highest BCUT2D eigenvalue weighted by atomic mass is 16.5. The zero-order valence-electron chi connectivity index (χ0n) is 16.5. The zero-order chi connectivity index (χ0) is 20.9. The fourth-order valence-corrected chi connectivity index (χ4v) is 4.06. The van der Waals surface area contributed by atoms with Gasteiger partial charge >= 0.3 is 12.1 Å². The molecule has 2 N–H and O–H groups in total. The van der Waals surface area contributed by atoms with Crippen LogP contribution in [0.3, 0.4) is 0 Å². The Morgan fingerprint density at radius 3 is 2.03 bits per heavy atom. The molecular formula is C25H23NO4. The molecule has 0 aromatic heterocycles. The number of ether oxygens (including phenoxy) is 1. The minimum absolute atomic E-state index is 0.0163. The highest BCUT2D eigenvalue weighted by Gasteiger charge is 2.29.